The normalized spacial score (nSPS) is 13.0. The molecule has 0 radical (unpaired) electrons. The van der Waals surface area contributed by atoms with E-state index in [1.165, 1.54) is 0 Å². The van der Waals surface area contributed by atoms with Crippen LogP contribution >= 0.6 is 0 Å². The maximum Gasteiger partial charge on any atom is 0.154 e. The zero-order chi connectivity index (χ0) is 11.5. The van der Waals surface area contributed by atoms with Crippen LogP contribution in [0.5, 0.6) is 0 Å². The van der Waals surface area contributed by atoms with Gasteiger partial charge >= 0.3 is 0 Å². The molecule has 1 atom stereocenters. The van der Waals surface area contributed by atoms with Crippen LogP contribution in [0.15, 0.2) is 36.7 Å². The first-order valence-electron chi connectivity index (χ1n) is 5.41. The summed E-state index contributed by atoms with van der Waals surface area (Å²) < 4.78 is 1.94. The third-order valence-electron chi connectivity index (χ3n) is 2.62. The molecule has 2 rings (SSSR count). The van der Waals surface area contributed by atoms with Gasteiger partial charge in [-0.05, 0) is 18.1 Å². The van der Waals surface area contributed by atoms with Gasteiger partial charge in [0, 0.05) is 5.69 Å². The van der Waals surface area contributed by atoms with E-state index in [0.29, 0.717) is 5.92 Å². The summed E-state index contributed by atoms with van der Waals surface area (Å²) in [7, 11) is 0. The third kappa shape index (κ3) is 1.97. The Morgan fingerprint density at radius 3 is 2.50 bits per heavy atom. The fourth-order valence-electron chi connectivity index (χ4n) is 1.56. The molecule has 1 heterocycles. The van der Waals surface area contributed by atoms with E-state index in [2.05, 4.69) is 24.0 Å². The highest BCUT2D eigenvalue weighted by molar-refractivity contribution is 5.32. The van der Waals surface area contributed by atoms with E-state index in [1.807, 2.05) is 34.9 Å². The standard InChI is InChI=1S/C12H16N4/c1-9(2)11(13)12-15-14-8-16(12)10-6-4-3-5-7-10/h3-9,11H,13H2,1-2H3/t11-/m1/s1. The SMILES string of the molecule is CC(C)[C@@H](N)c1nncn1-c1ccccc1. The van der Waals surface area contributed by atoms with Gasteiger partial charge in [-0.2, -0.15) is 0 Å². The lowest BCUT2D eigenvalue weighted by molar-refractivity contribution is 0.483. The topological polar surface area (TPSA) is 56.7 Å². The smallest absolute Gasteiger partial charge is 0.154 e. The molecule has 0 spiro atoms. The number of benzene rings is 1. The van der Waals surface area contributed by atoms with Crippen LogP contribution in [0.3, 0.4) is 0 Å². The Labute approximate surface area is 95.1 Å². The molecular formula is C12H16N4. The van der Waals surface area contributed by atoms with Gasteiger partial charge in [-0.1, -0.05) is 32.0 Å². The Kier molecular flexibility index (Phi) is 3.01. The third-order valence-corrected chi connectivity index (χ3v) is 2.62. The summed E-state index contributed by atoms with van der Waals surface area (Å²) in [5, 5.41) is 8.04. The first-order valence-corrected chi connectivity index (χ1v) is 5.41. The molecule has 0 aliphatic heterocycles. The van der Waals surface area contributed by atoms with Crippen LogP contribution in [0.25, 0.3) is 5.69 Å². The summed E-state index contributed by atoms with van der Waals surface area (Å²) in [6.07, 6.45) is 1.70. The molecule has 84 valence electrons. The van der Waals surface area contributed by atoms with Crippen LogP contribution in [0, 0.1) is 5.92 Å². The number of para-hydroxylation sites is 1. The highest BCUT2D eigenvalue weighted by Gasteiger charge is 2.17. The quantitative estimate of drug-likeness (QED) is 0.852. The Morgan fingerprint density at radius 1 is 1.19 bits per heavy atom. The minimum Gasteiger partial charge on any atom is -0.321 e. The fourth-order valence-corrected chi connectivity index (χ4v) is 1.56. The van der Waals surface area contributed by atoms with Crippen LogP contribution in [0.1, 0.15) is 25.7 Å². The molecule has 1 aromatic heterocycles. The van der Waals surface area contributed by atoms with Gasteiger partial charge in [0.1, 0.15) is 6.33 Å². The van der Waals surface area contributed by atoms with Crippen molar-refractivity contribution in [2.45, 2.75) is 19.9 Å². The summed E-state index contributed by atoms with van der Waals surface area (Å²) in [6.45, 7) is 4.16. The largest absolute Gasteiger partial charge is 0.321 e. The van der Waals surface area contributed by atoms with E-state index in [4.69, 9.17) is 5.73 Å². The van der Waals surface area contributed by atoms with Crippen molar-refractivity contribution in [2.24, 2.45) is 11.7 Å². The van der Waals surface area contributed by atoms with Gasteiger partial charge in [-0.3, -0.25) is 4.57 Å². The minimum atomic E-state index is -0.0947. The molecule has 4 heteroatoms. The summed E-state index contributed by atoms with van der Waals surface area (Å²) >= 11 is 0. The van der Waals surface area contributed by atoms with Gasteiger partial charge in [-0.15, -0.1) is 10.2 Å². The number of aromatic nitrogens is 3. The van der Waals surface area contributed by atoms with Crippen molar-refractivity contribution in [1.82, 2.24) is 14.8 Å². The van der Waals surface area contributed by atoms with E-state index in [0.717, 1.165) is 11.5 Å². The molecule has 0 aliphatic carbocycles. The van der Waals surface area contributed by atoms with E-state index in [-0.39, 0.29) is 6.04 Å². The number of nitrogens with two attached hydrogens (primary N) is 1. The predicted molar refractivity (Wildman–Crippen MR) is 63.1 cm³/mol. The Hall–Kier alpha value is -1.68. The summed E-state index contributed by atoms with van der Waals surface area (Å²) in [5.74, 6) is 1.15. The summed E-state index contributed by atoms with van der Waals surface area (Å²) in [5.41, 5.74) is 7.14. The summed E-state index contributed by atoms with van der Waals surface area (Å²) in [6, 6.07) is 9.89. The second-order valence-electron chi connectivity index (χ2n) is 4.16. The Balaban J connectivity index is 2.40. The van der Waals surface area contributed by atoms with Crippen molar-refractivity contribution in [3.05, 3.63) is 42.5 Å². The first kappa shape index (κ1) is 10.8. The zero-order valence-corrected chi connectivity index (χ0v) is 9.54. The maximum atomic E-state index is 6.10. The Morgan fingerprint density at radius 2 is 1.88 bits per heavy atom. The van der Waals surface area contributed by atoms with Crippen molar-refractivity contribution in [1.29, 1.82) is 0 Å². The van der Waals surface area contributed by atoms with Gasteiger partial charge in [-0.25, -0.2) is 0 Å². The number of nitrogens with zero attached hydrogens (tertiary/aromatic N) is 3. The lowest BCUT2D eigenvalue weighted by atomic mass is 10.0. The second-order valence-corrected chi connectivity index (χ2v) is 4.16. The van der Waals surface area contributed by atoms with E-state index in [9.17, 15) is 0 Å². The van der Waals surface area contributed by atoms with Crippen molar-refractivity contribution in [2.75, 3.05) is 0 Å². The molecule has 1 aromatic carbocycles. The second kappa shape index (κ2) is 4.45. The van der Waals surface area contributed by atoms with Crippen LogP contribution in [-0.4, -0.2) is 14.8 Å². The van der Waals surface area contributed by atoms with E-state index >= 15 is 0 Å². The lowest BCUT2D eigenvalue weighted by Crippen LogP contribution is -2.21. The molecule has 16 heavy (non-hydrogen) atoms. The van der Waals surface area contributed by atoms with Gasteiger partial charge in [0.15, 0.2) is 5.82 Å². The molecule has 0 aliphatic rings. The molecule has 0 saturated carbocycles. The molecule has 0 saturated heterocycles. The van der Waals surface area contributed by atoms with Crippen molar-refractivity contribution >= 4 is 0 Å². The van der Waals surface area contributed by atoms with E-state index < -0.39 is 0 Å². The Bertz CT molecular complexity index is 447. The van der Waals surface area contributed by atoms with Gasteiger partial charge in [0.25, 0.3) is 0 Å². The lowest BCUT2D eigenvalue weighted by Gasteiger charge is -2.15. The molecular weight excluding hydrogens is 200 g/mol. The van der Waals surface area contributed by atoms with Gasteiger partial charge < -0.3 is 5.73 Å². The molecule has 0 unspecified atom stereocenters. The molecule has 0 amide bonds. The fraction of sp³-hybridized carbons (Fsp3) is 0.333. The average molecular weight is 216 g/mol. The molecule has 2 N–H and O–H groups in total. The predicted octanol–water partition coefficient (Wildman–Crippen LogP) is 1.92. The van der Waals surface area contributed by atoms with Crippen molar-refractivity contribution < 1.29 is 0 Å². The van der Waals surface area contributed by atoms with Crippen molar-refractivity contribution in [3.63, 3.8) is 0 Å². The molecule has 4 nitrogen and oxygen atoms in total. The molecule has 0 fully saturated rings. The molecule has 2 aromatic rings. The van der Waals surface area contributed by atoms with Crippen molar-refractivity contribution in [3.8, 4) is 5.69 Å². The summed E-state index contributed by atoms with van der Waals surface area (Å²) in [4.78, 5) is 0. The van der Waals surface area contributed by atoms with Gasteiger partial charge in [0.2, 0.25) is 0 Å². The van der Waals surface area contributed by atoms with E-state index in [1.54, 1.807) is 6.33 Å². The first-order chi connectivity index (χ1) is 7.70. The minimum absolute atomic E-state index is 0.0947. The van der Waals surface area contributed by atoms with Crippen LogP contribution < -0.4 is 5.73 Å². The highest BCUT2D eigenvalue weighted by Crippen LogP contribution is 2.19. The molecule has 0 bridgehead atoms. The number of hydrogen-bond acceptors (Lipinski definition) is 3. The van der Waals surface area contributed by atoms with Crippen LogP contribution in [0.4, 0.5) is 0 Å². The highest BCUT2D eigenvalue weighted by atomic mass is 15.3. The number of hydrogen-bond donors (Lipinski definition) is 1. The van der Waals surface area contributed by atoms with Gasteiger partial charge in [0.05, 0.1) is 6.04 Å². The van der Waals surface area contributed by atoms with Crippen LogP contribution in [0.2, 0.25) is 0 Å². The monoisotopic (exact) mass is 216 g/mol. The zero-order valence-electron chi connectivity index (χ0n) is 9.54. The maximum absolute atomic E-state index is 6.10. The number of rotatable bonds is 3. The van der Waals surface area contributed by atoms with Crippen LogP contribution in [-0.2, 0) is 0 Å². The average Bonchev–Trinajstić information content (AvgIpc) is 2.77.